The van der Waals surface area contributed by atoms with Crippen molar-refractivity contribution in [3.8, 4) is 0 Å². The number of nitrogens with one attached hydrogen (secondary N) is 1. The number of rotatable bonds is 4. The van der Waals surface area contributed by atoms with Gasteiger partial charge in [0.1, 0.15) is 0 Å². The van der Waals surface area contributed by atoms with E-state index in [1.54, 1.807) is 0 Å². The third-order valence-electron chi connectivity index (χ3n) is 2.71. The first-order valence-corrected chi connectivity index (χ1v) is 5.91. The van der Waals surface area contributed by atoms with Gasteiger partial charge in [0, 0.05) is 23.2 Å². The molecule has 0 aliphatic carbocycles. The molecule has 0 atom stereocenters. The van der Waals surface area contributed by atoms with Crippen LogP contribution in [0.1, 0.15) is 25.8 Å². The Hall–Kier alpha value is -1.15. The summed E-state index contributed by atoms with van der Waals surface area (Å²) in [7, 11) is 1.93. The molecule has 0 aliphatic rings. The van der Waals surface area contributed by atoms with Crippen molar-refractivity contribution in [3.05, 3.63) is 46.9 Å². The first-order chi connectivity index (χ1) is 7.61. The average molecular weight is 233 g/mol. The highest BCUT2D eigenvalue weighted by Gasteiger charge is 2.10. The quantitative estimate of drug-likeness (QED) is 0.582. The molecule has 1 rings (SSSR count). The second-order valence-corrected chi connectivity index (χ2v) is 4.29. The molecule has 1 aromatic carbocycles. The van der Waals surface area contributed by atoms with Gasteiger partial charge in [-0.05, 0) is 25.0 Å². The van der Waals surface area contributed by atoms with Gasteiger partial charge in [0.15, 0.2) is 0 Å². The van der Waals surface area contributed by atoms with Crippen LogP contribution in [0.4, 0.5) is 5.69 Å². The maximum atomic E-state index is 4.40. The van der Waals surface area contributed by atoms with Crippen LogP contribution in [0.25, 0.3) is 5.57 Å². The summed E-state index contributed by atoms with van der Waals surface area (Å²) in [6, 6.07) is 8.22. The Morgan fingerprint density at radius 1 is 1.38 bits per heavy atom. The fourth-order valence-electron chi connectivity index (χ4n) is 1.73. The number of anilines is 1. The van der Waals surface area contributed by atoms with E-state index in [0.29, 0.717) is 0 Å². The van der Waals surface area contributed by atoms with Crippen molar-refractivity contribution in [3.63, 3.8) is 0 Å². The van der Waals surface area contributed by atoms with E-state index in [4.69, 9.17) is 0 Å². The molecule has 1 nitrogen and oxygen atoms in total. The molecule has 0 heterocycles. The van der Waals surface area contributed by atoms with E-state index in [-0.39, 0.29) is 0 Å². The van der Waals surface area contributed by atoms with E-state index in [9.17, 15) is 0 Å². The molecule has 2 heteroatoms. The number of para-hydroxylation sites is 1. The maximum absolute atomic E-state index is 4.40. The SMILES string of the molecule is C=C(S)/C(=C(\C)CC)c1ccccc1NC. The van der Waals surface area contributed by atoms with Gasteiger partial charge in [-0.2, -0.15) is 0 Å². The van der Waals surface area contributed by atoms with E-state index in [2.05, 4.69) is 50.5 Å². The molecule has 0 aromatic heterocycles. The lowest BCUT2D eigenvalue weighted by Crippen LogP contribution is -1.96. The molecular formula is C14H19NS. The number of hydrogen-bond acceptors (Lipinski definition) is 2. The van der Waals surface area contributed by atoms with E-state index in [1.807, 2.05) is 19.2 Å². The highest BCUT2D eigenvalue weighted by molar-refractivity contribution is 7.85. The third kappa shape index (κ3) is 2.70. The van der Waals surface area contributed by atoms with Gasteiger partial charge < -0.3 is 5.32 Å². The van der Waals surface area contributed by atoms with Crippen molar-refractivity contribution in [1.29, 1.82) is 0 Å². The normalized spacial score (nSPS) is 12.0. The minimum Gasteiger partial charge on any atom is -0.388 e. The zero-order valence-corrected chi connectivity index (χ0v) is 11.1. The summed E-state index contributed by atoms with van der Waals surface area (Å²) in [6.07, 6.45) is 1.01. The fourth-order valence-corrected chi connectivity index (χ4v) is 2.04. The van der Waals surface area contributed by atoms with Crippen LogP contribution >= 0.6 is 12.6 Å². The molecule has 0 fully saturated rings. The summed E-state index contributed by atoms with van der Waals surface area (Å²) >= 11 is 4.40. The van der Waals surface area contributed by atoms with Crippen molar-refractivity contribution in [2.75, 3.05) is 12.4 Å². The lowest BCUT2D eigenvalue weighted by Gasteiger charge is -2.15. The molecule has 0 saturated carbocycles. The second kappa shape index (κ2) is 5.80. The van der Waals surface area contributed by atoms with Gasteiger partial charge in [-0.15, -0.1) is 12.6 Å². The van der Waals surface area contributed by atoms with Gasteiger partial charge in [-0.1, -0.05) is 37.3 Å². The average Bonchev–Trinajstić information content (AvgIpc) is 2.29. The Labute approximate surface area is 104 Å². The molecule has 0 saturated heterocycles. The maximum Gasteiger partial charge on any atom is 0.0417 e. The summed E-state index contributed by atoms with van der Waals surface area (Å²) < 4.78 is 0. The molecule has 0 amide bonds. The molecule has 0 spiro atoms. The molecular weight excluding hydrogens is 214 g/mol. The van der Waals surface area contributed by atoms with Crippen molar-refractivity contribution in [2.45, 2.75) is 20.3 Å². The predicted octanol–water partition coefficient (Wildman–Crippen LogP) is 4.36. The second-order valence-electron chi connectivity index (χ2n) is 3.75. The zero-order chi connectivity index (χ0) is 12.1. The molecule has 16 heavy (non-hydrogen) atoms. The predicted molar refractivity (Wildman–Crippen MR) is 77.0 cm³/mol. The monoisotopic (exact) mass is 233 g/mol. The number of benzene rings is 1. The molecule has 86 valence electrons. The minimum absolute atomic E-state index is 0.821. The number of hydrogen-bond donors (Lipinski definition) is 2. The minimum atomic E-state index is 0.821. The van der Waals surface area contributed by atoms with Gasteiger partial charge in [0.2, 0.25) is 0 Å². The highest BCUT2D eigenvalue weighted by atomic mass is 32.1. The lowest BCUT2D eigenvalue weighted by molar-refractivity contribution is 1.10. The van der Waals surface area contributed by atoms with Crippen LogP contribution in [0, 0.1) is 0 Å². The Morgan fingerprint density at radius 2 is 2.00 bits per heavy atom. The molecule has 0 unspecified atom stereocenters. The van der Waals surface area contributed by atoms with Crippen LogP contribution in [0.2, 0.25) is 0 Å². The zero-order valence-electron chi connectivity index (χ0n) is 10.2. The highest BCUT2D eigenvalue weighted by Crippen LogP contribution is 2.33. The summed E-state index contributed by atoms with van der Waals surface area (Å²) in [5, 5.41) is 3.20. The summed E-state index contributed by atoms with van der Waals surface area (Å²) in [4.78, 5) is 0.821. The first kappa shape index (κ1) is 12.9. The van der Waals surface area contributed by atoms with Crippen LogP contribution in [-0.4, -0.2) is 7.05 Å². The topological polar surface area (TPSA) is 12.0 Å². The number of thiol groups is 1. The van der Waals surface area contributed by atoms with Crippen LogP contribution in [-0.2, 0) is 0 Å². The van der Waals surface area contributed by atoms with Crippen LogP contribution < -0.4 is 5.32 Å². The van der Waals surface area contributed by atoms with Gasteiger partial charge >= 0.3 is 0 Å². The Morgan fingerprint density at radius 3 is 2.50 bits per heavy atom. The Kier molecular flexibility index (Phi) is 4.69. The molecule has 0 bridgehead atoms. The molecule has 1 N–H and O–H groups in total. The van der Waals surface area contributed by atoms with E-state index < -0.39 is 0 Å². The smallest absolute Gasteiger partial charge is 0.0417 e. The molecule has 0 aliphatic heterocycles. The van der Waals surface area contributed by atoms with Gasteiger partial charge in [-0.3, -0.25) is 0 Å². The molecule has 0 radical (unpaired) electrons. The molecule has 1 aromatic rings. The standard InChI is InChI=1S/C14H19NS/c1-5-10(2)14(11(3)16)12-8-6-7-9-13(12)15-4/h6-9,15-16H,3,5H2,1-2,4H3/b14-10-. The lowest BCUT2D eigenvalue weighted by atomic mass is 9.97. The van der Waals surface area contributed by atoms with Crippen molar-refractivity contribution >= 4 is 23.9 Å². The van der Waals surface area contributed by atoms with Gasteiger partial charge in [-0.25, -0.2) is 0 Å². The van der Waals surface area contributed by atoms with E-state index in [1.165, 1.54) is 11.1 Å². The summed E-state index contributed by atoms with van der Waals surface area (Å²) in [6.45, 7) is 8.23. The van der Waals surface area contributed by atoms with Crippen molar-refractivity contribution < 1.29 is 0 Å². The van der Waals surface area contributed by atoms with Crippen LogP contribution in [0.5, 0.6) is 0 Å². The Bertz CT molecular complexity index is 418. The first-order valence-electron chi connectivity index (χ1n) is 5.47. The van der Waals surface area contributed by atoms with E-state index in [0.717, 1.165) is 22.6 Å². The largest absolute Gasteiger partial charge is 0.388 e. The van der Waals surface area contributed by atoms with E-state index >= 15 is 0 Å². The van der Waals surface area contributed by atoms with Crippen molar-refractivity contribution in [2.24, 2.45) is 0 Å². The van der Waals surface area contributed by atoms with Gasteiger partial charge in [0.05, 0.1) is 0 Å². The summed E-state index contributed by atoms with van der Waals surface area (Å²) in [5.41, 5.74) is 4.74. The van der Waals surface area contributed by atoms with Crippen LogP contribution in [0.15, 0.2) is 41.3 Å². The van der Waals surface area contributed by atoms with Crippen molar-refractivity contribution in [1.82, 2.24) is 0 Å². The third-order valence-corrected chi connectivity index (χ3v) is 2.94. The number of allylic oxidation sites excluding steroid dienone is 2. The van der Waals surface area contributed by atoms with Crippen LogP contribution in [0.3, 0.4) is 0 Å². The Balaban J connectivity index is 3.38. The summed E-state index contributed by atoms with van der Waals surface area (Å²) in [5.74, 6) is 0. The van der Waals surface area contributed by atoms with Gasteiger partial charge in [0.25, 0.3) is 0 Å². The fraction of sp³-hybridized carbons (Fsp3) is 0.286.